The predicted octanol–water partition coefficient (Wildman–Crippen LogP) is 0.879. The van der Waals surface area contributed by atoms with Gasteiger partial charge in [0, 0.05) is 6.20 Å². The van der Waals surface area contributed by atoms with Crippen molar-refractivity contribution in [2.24, 2.45) is 0 Å². The van der Waals surface area contributed by atoms with Crippen molar-refractivity contribution < 1.29 is 4.92 Å². The number of rotatable bonds is 2. The molecule has 0 bridgehead atoms. The summed E-state index contributed by atoms with van der Waals surface area (Å²) in [6.07, 6.45) is 4.09. The number of hydrogen-bond acceptors (Lipinski definition) is 5. The molecule has 0 amide bonds. The van der Waals surface area contributed by atoms with E-state index in [2.05, 4.69) is 15.1 Å². The summed E-state index contributed by atoms with van der Waals surface area (Å²) in [6.45, 7) is 1.71. The Bertz CT molecular complexity index is 507. The van der Waals surface area contributed by atoms with Gasteiger partial charge in [0.05, 0.1) is 4.92 Å². The molecule has 0 unspecified atom stereocenters. The van der Waals surface area contributed by atoms with Crippen LogP contribution in [0.3, 0.4) is 0 Å². The van der Waals surface area contributed by atoms with Crippen molar-refractivity contribution in [3.8, 4) is 5.69 Å². The minimum absolute atomic E-state index is 0.0950. The van der Waals surface area contributed by atoms with Crippen LogP contribution in [0.2, 0.25) is 0 Å². The first-order valence-electron chi connectivity index (χ1n) is 4.15. The molecule has 0 aliphatic rings. The molecule has 0 radical (unpaired) electrons. The van der Waals surface area contributed by atoms with Crippen LogP contribution < -0.4 is 0 Å². The Morgan fingerprint density at radius 1 is 1.53 bits per heavy atom. The zero-order valence-corrected chi connectivity index (χ0v) is 7.86. The van der Waals surface area contributed by atoms with Crippen LogP contribution in [0.5, 0.6) is 0 Å². The van der Waals surface area contributed by atoms with Gasteiger partial charge < -0.3 is 0 Å². The molecule has 7 heteroatoms. The second kappa shape index (κ2) is 3.45. The topological polar surface area (TPSA) is 86.7 Å². The molecular weight excluding hydrogens is 198 g/mol. The van der Waals surface area contributed by atoms with E-state index in [0.29, 0.717) is 11.5 Å². The predicted molar refractivity (Wildman–Crippen MR) is 50.5 cm³/mol. The molecule has 7 nitrogen and oxygen atoms in total. The summed E-state index contributed by atoms with van der Waals surface area (Å²) in [5.41, 5.74) is 0.262. The standard InChI is InChI=1S/C8H7N5O2/c1-6-10-5-12(11-6)7-2-3-9-4-8(7)13(14)15/h2-5H,1H3. The number of nitro groups is 1. The minimum atomic E-state index is -0.501. The molecule has 76 valence electrons. The third kappa shape index (κ3) is 1.66. The van der Waals surface area contributed by atoms with Crippen LogP contribution in [0, 0.1) is 17.0 Å². The molecule has 0 saturated carbocycles. The Kier molecular flexibility index (Phi) is 2.13. The lowest BCUT2D eigenvalue weighted by atomic mass is 10.3. The molecular formula is C8H7N5O2. The Labute approximate surface area is 84.6 Å². The molecule has 0 atom stereocenters. The van der Waals surface area contributed by atoms with Crippen molar-refractivity contribution in [2.75, 3.05) is 0 Å². The van der Waals surface area contributed by atoms with Crippen LogP contribution in [0.4, 0.5) is 5.69 Å². The fourth-order valence-corrected chi connectivity index (χ4v) is 1.18. The molecule has 0 aliphatic carbocycles. The van der Waals surface area contributed by atoms with Crippen molar-refractivity contribution in [2.45, 2.75) is 6.92 Å². The Morgan fingerprint density at radius 2 is 2.33 bits per heavy atom. The van der Waals surface area contributed by atoms with Gasteiger partial charge in [-0.2, -0.15) is 5.10 Å². The van der Waals surface area contributed by atoms with Gasteiger partial charge in [-0.05, 0) is 13.0 Å². The second-order valence-electron chi connectivity index (χ2n) is 2.86. The summed E-state index contributed by atoms with van der Waals surface area (Å²) in [4.78, 5) is 17.8. The highest BCUT2D eigenvalue weighted by Crippen LogP contribution is 2.19. The monoisotopic (exact) mass is 205 g/mol. The van der Waals surface area contributed by atoms with Gasteiger partial charge in [0.2, 0.25) is 0 Å². The lowest BCUT2D eigenvalue weighted by Crippen LogP contribution is -2.01. The summed E-state index contributed by atoms with van der Waals surface area (Å²) in [7, 11) is 0. The van der Waals surface area contributed by atoms with E-state index in [4.69, 9.17) is 0 Å². The van der Waals surface area contributed by atoms with E-state index in [9.17, 15) is 10.1 Å². The lowest BCUT2D eigenvalue weighted by Gasteiger charge is -1.99. The van der Waals surface area contributed by atoms with E-state index < -0.39 is 4.92 Å². The second-order valence-corrected chi connectivity index (χ2v) is 2.86. The molecule has 0 fully saturated rings. The van der Waals surface area contributed by atoms with Gasteiger partial charge in [-0.1, -0.05) is 0 Å². The molecule has 0 aliphatic heterocycles. The molecule has 0 spiro atoms. The highest BCUT2D eigenvalue weighted by Gasteiger charge is 2.15. The molecule has 0 aromatic carbocycles. The average molecular weight is 205 g/mol. The van der Waals surface area contributed by atoms with Crippen LogP contribution in [0.1, 0.15) is 5.82 Å². The zero-order chi connectivity index (χ0) is 10.8. The third-order valence-electron chi connectivity index (χ3n) is 1.83. The van der Waals surface area contributed by atoms with E-state index >= 15 is 0 Å². The largest absolute Gasteiger partial charge is 0.313 e. The van der Waals surface area contributed by atoms with E-state index in [0.717, 1.165) is 0 Å². The fourth-order valence-electron chi connectivity index (χ4n) is 1.18. The molecule has 2 rings (SSSR count). The molecule has 15 heavy (non-hydrogen) atoms. The zero-order valence-electron chi connectivity index (χ0n) is 7.86. The van der Waals surface area contributed by atoms with Gasteiger partial charge in [-0.3, -0.25) is 15.1 Å². The Balaban J connectivity index is 2.57. The van der Waals surface area contributed by atoms with Gasteiger partial charge in [-0.25, -0.2) is 9.67 Å². The number of hydrogen-bond donors (Lipinski definition) is 0. The van der Waals surface area contributed by atoms with Gasteiger partial charge in [-0.15, -0.1) is 0 Å². The van der Waals surface area contributed by atoms with E-state index in [1.165, 1.54) is 29.5 Å². The molecule has 2 aromatic rings. The van der Waals surface area contributed by atoms with E-state index in [1.807, 2.05) is 0 Å². The summed E-state index contributed by atoms with van der Waals surface area (Å²) >= 11 is 0. The Morgan fingerprint density at radius 3 is 2.93 bits per heavy atom. The fraction of sp³-hybridized carbons (Fsp3) is 0.125. The summed E-state index contributed by atoms with van der Waals surface area (Å²) < 4.78 is 1.36. The third-order valence-corrected chi connectivity index (χ3v) is 1.83. The first-order valence-corrected chi connectivity index (χ1v) is 4.15. The van der Waals surface area contributed by atoms with Crippen LogP contribution in [-0.4, -0.2) is 24.7 Å². The first kappa shape index (κ1) is 9.25. The van der Waals surface area contributed by atoms with Crippen molar-refractivity contribution in [1.29, 1.82) is 0 Å². The van der Waals surface area contributed by atoms with Crippen LogP contribution in [-0.2, 0) is 0 Å². The molecule has 2 aromatic heterocycles. The van der Waals surface area contributed by atoms with Crippen molar-refractivity contribution >= 4 is 5.69 Å². The normalized spacial score (nSPS) is 10.2. The number of aromatic nitrogens is 4. The van der Waals surface area contributed by atoms with E-state index in [-0.39, 0.29) is 5.69 Å². The highest BCUT2D eigenvalue weighted by molar-refractivity contribution is 5.48. The van der Waals surface area contributed by atoms with Gasteiger partial charge in [0.1, 0.15) is 24.0 Å². The summed E-state index contributed by atoms with van der Waals surface area (Å²) in [5.74, 6) is 0.557. The van der Waals surface area contributed by atoms with Gasteiger partial charge in [0.25, 0.3) is 0 Å². The smallest absolute Gasteiger partial charge is 0.258 e. The first-order chi connectivity index (χ1) is 7.18. The number of aryl methyl sites for hydroxylation is 1. The van der Waals surface area contributed by atoms with Gasteiger partial charge in [0.15, 0.2) is 0 Å². The molecule has 0 saturated heterocycles. The number of pyridine rings is 1. The maximum atomic E-state index is 10.7. The highest BCUT2D eigenvalue weighted by atomic mass is 16.6. The average Bonchev–Trinajstić information content (AvgIpc) is 2.65. The molecule has 2 heterocycles. The Hall–Kier alpha value is -2.31. The van der Waals surface area contributed by atoms with E-state index in [1.54, 1.807) is 6.92 Å². The lowest BCUT2D eigenvalue weighted by molar-refractivity contribution is -0.385. The minimum Gasteiger partial charge on any atom is -0.258 e. The van der Waals surface area contributed by atoms with Crippen LogP contribution in [0.15, 0.2) is 24.8 Å². The quantitative estimate of drug-likeness (QED) is 0.536. The van der Waals surface area contributed by atoms with Crippen molar-refractivity contribution in [3.05, 3.63) is 40.7 Å². The number of nitrogens with zero attached hydrogens (tertiary/aromatic N) is 5. The maximum Gasteiger partial charge on any atom is 0.313 e. The van der Waals surface area contributed by atoms with Crippen LogP contribution in [0.25, 0.3) is 5.69 Å². The van der Waals surface area contributed by atoms with Gasteiger partial charge >= 0.3 is 5.69 Å². The summed E-state index contributed by atoms with van der Waals surface area (Å²) in [6, 6.07) is 1.52. The van der Waals surface area contributed by atoms with Crippen molar-refractivity contribution in [3.63, 3.8) is 0 Å². The van der Waals surface area contributed by atoms with Crippen molar-refractivity contribution in [1.82, 2.24) is 19.7 Å². The van der Waals surface area contributed by atoms with Crippen LogP contribution >= 0.6 is 0 Å². The maximum absolute atomic E-state index is 10.7. The summed E-state index contributed by atoms with van der Waals surface area (Å²) in [5, 5.41) is 14.7. The SMILES string of the molecule is Cc1ncn(-c2ccncc2[N+](=O)[O-])n1. The molecule has 0 N–H and O–H groups in total.